The Balaban J connectivity index is 1.55. The number of benzene rings is 1. The van der Waals surface area contributed by atoms with Gasteiger partial charge in [0, 0.05) is 31.9 Å². The highest BCUT2D eigenvalue weighted by molar-refractivity contribution is 6.21. The Morgan fingerprint density at radius 1 is 1.09 bits per heavy atom. The number of imide groups is 1. The number of H-pyrrole nitrogens is 1. The lowest BCUT2D eigenvalue weighted by Crippen LogP contribution is -2.34. The molecule has 0 atom stereocenters. The lowest BCUT2D eigenvalue weighted by atomic mass is 10.1. The molecule has 2 heterocycles. The highest BCUT2D eigenvalue weighted by Gasteiger charge is 2.34. The third kappa shape index (κ3) is 2.63. The molecule has 6 nitrogen and oxygen atoms in total. The maximum Gasteiger partial charge on any atom is 0.261 e. The van der Waals surface area contributed by atoms with E-state index in [2.05, 4.69) is 10.3 Å². The van der Waals surface area contributed by atoms with Crippen molar-refractivity contribution >= 4 is 17.7 Å². The van der Waals surface area contributed by atoms with E-state index in [4.69, 9.17) is 0 Å². The van der Waals surface area contributed by atoms with Crippen LogP contribution in [-0.2, 0) is 11.3 Å². The van der Waals surface area contributed by atoms with Crippen LogP contribution in [0.25, 0.3) is 0 Å². The Morgan fingerprint density at radius 3 is 2.36 bits per heavy atom. The van der Waals surface area contributed by atoms with Gasteiger partial charge >= 0.3 is 0 Å². The molecule has 1 aliphatic heterocycles. The molecule has 3 amide bonds. The fraction of sp³-hybridized carbons (Fsp3) is 0.188. The Labute approximate surface area is 127 Å². The molecule has 1 aromatic carbocycles. The largest absolute Gasteiger partial charge is 0.367 e. The zero-order valence-corrected chi connectivity index (χ0v) is 11.8. The maximum atomic E-state index is 12.1. The first-order valence-corrected chi connectivity index (χ1v) is 7.00. The Kier molecular flexibility index (Phi) is 3.74. The Hall–Kier alpha value is -2.89. The number of carbonyl (C=O) groups is 3. The molecule has 1 aliphatic rings. The fourth-order valence-electron chi connectivity index (χ4n) is 2.41. The number of amides is 3. The predicted molar refractivity (Wildman–Crippen MR) is 79.1 cm³/mol. The van der Waals surface area contributed by atoms with Crippen LogP contribution >= 0.6 is 0 Å². The number of hydrogen-bond acceptors (Lipinski definition) is 3. The standard InChI is InChI=1S/C16H15N3O3/c20-14(18-10-11-5-7-17-9-11)6-8-19-15(21)12-3-1-2-4-13(12)16(19)22/h1-5,7,9,17H,6,8,10H2,(H,18,20). The molecule has 2 N–H and O–H groups in total. The van der Waals surface area contributed by atoms with Crippen LogP contribution in [0.5, 0.6) is 0 Å². The number of carbonyl (C=O) groups excluding carboxylic acids is 3. The molecule has 2 aromatic rings. The second-order valence-electron chi connectivity index (χ2n) is 5.05. The first-order valence-electron chi connectivity index (χ1n) is 7.00. The van der Waals surface area contributed by atoms with Crippen molar-refractivity contribution < 1.29 is 14.4 Å². The monoisotopic (exact) mass is 297 g/mol. The summed E-state index contributed by atoms with van der Waals surface area (Å²) in [4.78, 5) is 40.1. The molecule has 22 heavy (non-hydrogen) atoms. The number of aromatic amines is 1. The van der Waals surface area contributed by atoms with E-state index in [1.54, 1.807) is 36.7 Å². The summed E-state index contributed by atoms with van der Waals surface area (Å²) in [5, 5.41) is 2.75. The minimum absolute atomic E-state index is 0.0886. The second kappa shape index (κ2) is 5.85. The van der Waals surface area contributed by atoms with Crippen molar-refractivity contribution in [2.75, 3.05) is 6.54 Å². The molecule has 6 heteroatoms. The van der Waals surface area contributed by atoms with E-state index in [1.165, 1.54) is 0 Å². The van der Waals surface area contributed by atoms with Crippen LogP contribution in [0.3, 0.4) is 0 Å². The molecule has 0 spiro atoms. The van der Waals surface area contributed by atoms with Crippen LogP contribution in [0.1, 0.15) is 32.7 Å². The number of hydrogen-bond donors (Lipinski definition) is 2. The molecular formula is C16H15N3O3. The fourth-order valence-corrected chi connectivity index (χ4v) is 2.41. The molecular weight excluding hydrogens is 282 g/mol. The van der Waals surface area contributed by atoms with Crippen molar-refractivity contribution in [2.24, 2.45) is 0 Å². The van der Waals surface area contributed by atoms with Gasteiger partial charge in [0.1, 0.15) is 0 Å². The molecule has 0 fully saturated rings. The van der Waals surface area contributed by atoms with Gasteiger partial charge in [0.25, 0.3) is 11.8 Å². The van der Waals surface area contributed by atoms with Gasteiger partial charge in [-0.05, 0) is 23.8 Å². The van der Waals surface area contributed by atoms with Crippen molar-refractivity contribution in [3.8, 4) is 0 Å². The van der Waals surface area contributed by atoms with Crippen LogP contribution in [0, 0.1) is 0 Å². The lowest BCUT2D eigenvalue weighted by molar-refractivity contribution is -0.121. The molecule has 112 valence electrons. The van der Waals surface area contributed by atoms with E-state index in [-0.39, 0.29) is 30.7 Å². The van der Waals surface area contributed by atoms with Gasteiger partial charge in [-0.1, -0.05) is 12.1 Å². The van der Waals surface area contributed by atoms with E-state index in [0.717, 1.165) is 10.5 Å². The summed E-state index contributed by atoms with van der Waals surface area (Å²) in [6.45, 7) is 0.510. The van der Waals surface area contributed by atoms with Crippen LogP contribution in [0.4, 0.5) is 0 Å². The predicted octanol–water partition coefficient (Wildman–Crippen LogP) is 1.32. The van der Waals surface area contributed by atoms with Crippen LogP contribution in [-0.4, -0.2) is 34.2 Å². The van der Waals surface area contributed by atoms with Crippen molar-refractivity contribution in [3.05, 3.63) is 59.4 Å². The van der Waals surface area contributed by atoms with Gasteiger partial charge in [-0.25, -0.2) is 0 Å². The average molecular weight is 297 g/mol. The third-order valence-electron chi connectivity index (χ3n) is 3.59. The first kappa shape index (κ1) is 14.1. The lowest BCUT2D eigenvalue weighted by Gasteiger charge is -2.13. The topological polar surface area (TPSA) is 82.3 Å². The zero-order chi connectivity index (χ0) is 15.5. The average Bonchev–Trinajstić information content (AvgIpc) is 3.13. The van der Waals surface area contributed by atoms with E-state index in [0.29, 0.717) is 17.7 Å². The number of rotatable bonds is 5. The van der Waals surface area contributed by atoms with Gasteiger partial charge in [-0.2, -0.15) is 0 Å². The number of nitrogens with zero attached hydrogens (tertiary/aromatic N) is 1. The van der Waals surface area contributed by atoms with Gasteiger partial charge in [-0.3, -0.25) is 19.3 Å². The molecule has 0 saturated carbocycles. The highest BCUT2D eigenvalue weighted by Crippen LogP contribution is 2.22. The normalized spacial score (nSPS) is 13.4. The van der Waals surface area contributed by atoms with Gasteiger partial charge < -0.3 is 10.3 Å². The summed E-state index contributed by atoms with van der Waals surface area (Å²) < 4.78 is 0. The summed E-state index contributed by atoms with van der Waals surface area (Å²) in [5.41, 5.74) is 1.77. The van der Waals surface area contributed by atoms with Gasteiger partial charge in [0.15, 0.2) is 0 Å². The SMILES string of the molecule is O=C(CCN1C(=O)c2ccccc2C1=O)NCc1cc[nH]c1. The first-order chi connectivity index (χ1) is 10.7. The smallest absolute Gasteiger partial charge is 0.261 e. The minimum atomic E-state index is -0.334. The Morgan fingerprint density at radius 2 is 1.77 bits per heavy atom. The number of nitrogens with one attached hydrogen (secondary N) is 2. The third-order valence-corrected chi connectivity index (χ3v) is 3.59. The van der Waals surface area contributed by atoms with Gasteiger partial charge in [0.05, 0.1) is 11.1 Å². The highest BCUT2D eigenvalue weighted by atomic mass is 16.2. The minimum Gasteiger partial charge on any atom is -0.367 e. The van der Waals surface area contributed by atoms with Crippen molar-refractivity contribution in [1.29, 1.82) is 0 Å². The van der Waals surface area contributed by atoms with Crippen LogP contribution < -0.4 is 5.32 Å². The molecule has 0 aliphatic carbocycles. The number of aromatic nitrogens is 1. The molecule has 0 bridgehead atoms. The van der Waals surface area contributed by atoms with Gasteiger partial charge in [0.2, 0.25) is 5.91 Å². The quantitative estimate of drug-likeness (QED) is 0.817. The zero-order valence-electron chi connectivity index (χ0n) is 11.8. The van der Waals surface area contributed by atoms with Crippen LogP contribution in [0.15, 0.2) is 42.7 Å². The second-order valence-corrected chi connectivity index (χ2v) is 5.05. The molecule has 0 unspecified atom stereocenters. The summed E-state index contributed by atoms with van der Waals surface area (Å²) in [6, 6.07) is 8.56. The molecule has 3 rings (SSSR count). The summed E-state index contributed by atoms with van der Waals surface area (Å²) in [7, 11) is 0. The summed E-state index contributed by atoms with van der Waals surface area (Å²) >= 11 is 0. The van der Waals surface area contributed by atoms with Crippen LogP contribution in [0.2, 0.25) is 0 Å². The molecule has 0 radical (unpaired) electrons. The Bertz CT molecular complexity index is 687. The molecule has 1 aromatic heterocycles. The van der Waals surface area contributed by atoms with E-state index >= 15 is 0 Å². The van der Waals surface area contributed by atoms with Crippen molar-refractivity contribution in [3.63, 3.8) is 0 Å². The maximum absolute atomic E-state index is 12.1. The van der Waals surface area contributed by atoms with Gasteiger partial charge in [-0.15, -0.1) is 0 Å². The van der Waals surface area contributed by atoms with Crippen molar-refractivity contribution in [1.82, 2.24) is 15.2 Å². The molecule has 0 saturated heterocycles. The summed E-state index contributed by atoms with van der Waals surface area (Å²) in [6.07, 6.45) is 3.67. The number of fused-ring (bicyclic) bond motifs is 1. The summed E-state index contributed by atoms with van der Waals surface area (Å²) in [5.74, 6) is -0.865. The van der Waals surface area contributed by atoms with E-state index < -0.39 is 0 Å². The van der Waals surface area contributed by atoms with E-state index in [9.17, 15) is 14.4 Å². The van der Waals surface area contributed by atoms with E-state index in [1.807, 2.05) is 6.07 Å². The van der Waals surface area contributed by atoms with Crippen molar-refractivity contribution in [2.45, 2.75) is 13.0 Å².